The van der Waals surface area contributed by atoms with Crippen molar-refractivity contribution < 1.29 is 8.76 Å². The monoisotopic (exact) mass is 104 g/mol. The molecule has 1 N–H and O–H groups in total. The summed E-state index contributed by atoms with van der Waals surface area (Å²) >= 11 is -1.61. The van der Waals surface area contributed by atoms with Crippen LogP contribution in [0.3, 0.4) is 0 Å². The Hall–Kier alpha value is 0.876. The Labute approximate surface area is 49.4 Å². The molecule has 0 aromatic carbocycles. The van der Waals surface area contributed by atoms with Crippen molar-refractivity contribution in [2.45, 2.75) is 0 Å². The molecular formula is CH4MgO2S+2. The molecule has 0 saturated heterocycles. The molecule has 0 aliphatic rings. The summed E-state index contributed by atoms with van der Waals surface area (Å²) in [5.41, 5.74) is 0. The molecule has 0 amide bonds. The van der Waals surface area contributed by atoms with E-state index < -0.39 is 11.1 Å². The molecule has 2 nitrogen and oxygen atoms in total. The minimum absolute atomic E-state index is 0. The standard InChI is InChI=1S/CH4O2S.Mg/c1-4(2)3;/h1H3,(H,2,3);/q;+2. The predicted octanol–water partition coefficient (Wildman–Crippen LogP) is -0.543. The summed E-state index contributed by atoms with van der Waals surface area (Å²) in [6, 6.07) is 0. The van der Waals surface area contributed by atoms with Crippen LogP contribution in [-0.2, 0) is 11.1 Å². The van der Waals surface area contributed by atoms with Crippen LogP contribution in [0.2, 0.25) is 0 Å². The van der Waals surface area contributed by atoms with Crippen LogP contribution in [0.15, 0.2) is 0 Å². The second-order valence-corrected chi connectivity index (χ2v) is 1.27. The molecule has 0 bridgehead atoms. The van der Waals surface area contributed by atoms with Gasteiger partial charge in [-0.05, 0) is 0 Å². The zero-order valence-electron chi connectivity index (χ0n) is 2.97. The van der Waals surface area contributed by atoms with Crippen LogP contribution in [0.4, 0.5) is 0 Å². The maximum absolute atomic E-state index is 9.11. The fraction of sp³-hybridized carbons (Fsp3) is 1.00. The van der Waals surface area contributed by atoms with Crippen molar-refractivity contribution in [2.75, 3.05) is 6.26 Å². The molecule has 0 rings (SSSR count). The Kier molecular flexibility index (Phi) is 9.07. The maximum Gasteiger partial charge on any atom is 2.00 e. The third kappa shape index (κ3) is 52.5. The van der Waals surface area contributed by atoms with Gasteiger partial charge in [0.25, 0.3) is 0 Å². The second kappa shape index (κ2) is 4.88. The van der Waals surface area contributed by atoms with Crippen molar-refractivity contribution in [3.8, 4) is 0 Å². The van der Waals surface area contributed by atoms with E-state index >= 15 is 0 Å². The predicted molar refractivity (Wildman–Crippen MR) is 22.4 cm³/mol. The molecule has 1 atom stereocenters. The van der Waals surface area contributed by atoms with E-state index in [-0.39, 0.29) is 23.1 Å². The molecule has 26 valence electrons. The first kappa shape index (κ1) is 9.30. The molecule has 0 radical (unpaired) electrons. The summed E-state index contributed by atoms with van der Waals surface area (Å²) in [7, 11) is 0. The quantitative estimate of drug-likeness (QED) is 0.331. The maximum atomic E-state index is 9.11. The van der Waals surface area contributed by atoms with Gasteiger partial charge in [0, 0.05) is 6.26 Å². The third-order valence-electron chi connectivity index (χ3n) is 0. The van der Waals surface area contributed by atoms with Crippen molar-refractivity contribution in [2.24, 2.45) is 0 Å². The van der Waals surface area contributed by atoms with Crippen LogP contribution in [0.5, 0.6) is 0 Å². The fourth-order valence-corrected chi connectivity index (χ4v) is 0. The Balaban J connectivity index is 0. The first-order valence-corrected chi connectivity index (χ1v) is 2.27. The minimum atomic E-state index is -1.61. The van der Waals surface area contributed by atoms with Gasteiger partial charge in [-0.2, -0.15) is 0 Å². The molecule has 0 aromatic rings. The third-order valence-corrected chi connectivity index (χ3v) is 0. The van der Waals surface area contributed by atoms with Crippen LogP contribution < -0.4 is 0 Å². The SMILES string of the molecule is CS(=O)O.[Mg+2]. The van der Waals surface area contributed by atoms with Gasteiger partial charge in [0.05, 0.1) is 0 Å². The summed E-state index contributed by atoms with van der Waals surface area (Å²) in [6.07, 6.45) is 1.19. The van der Waals surface area contributed by atoms with Crippen LogP contribution >= 0.6 is 0 Å². The summed E-state index contributed by atoms with van der Waals surface area (Å²) in [5.74, 6) is 0. The molecule has 0 spiro atoms. The van der Waals surface area contributed by atoms with Crippen molar-refractivity contribution in [1.29, 1.82) is 0 Å². The summed E-state index contributed by atoms with van der Waals surface area (Å²) in [5, 5.41) is 0. The van der Waals surface area contributed by atoms with E-state index in [1.807, 2.05) is 0 Å². The van der Waals surface area contributed by atoms with E-state index in [0.29, 0.717) is 0 Å². The van der Waals surface area contributed by atoms with Gasteiger partial charge < -0.3 is 4.55 Å². The summed E-state index contributed by atoms with van der Waals surface area (Å²) in [4.78, 5) is 0. The Bertz CT molecular complexity index is 32.6. The van der Waals surface area contributed by atoms with E-state index in [1.165, 1.54) is 6.26 Å². The van der Waals surface area contributed by atoms with Gasteiger partial charge >= 0.3 is 23.1 Å². The van der Waals surface area contributed by atoms with Gasteiger partial charge in [0.15, 0.2) is 0 Å². The zero-order valence-corrected chi connectivity index (χ0v) is 5.20. The van der Waals surface area contributed by atoms with Gasteiger partial charge in [-0.3, -0.25) is 0 Å². The minimum Gasteiger partial charge on any atom is -0.306 e. The van der Waals surface area contributed by atoms with Crippen molar-refractivity contribution in [3.05, 3.63) is 0 Å². The van der Waals surface area contributed by atoms with Gasteiger partial charge in [-0.1, -0.05) is 0 Å². The molecule has 4 heteroatoms. The van der Waals surface area contributed by atoms with Gasteiger partial charge in [0.1, 0.15) is 11.1 Å². The summed E-state index contributed by atoms with van der Waals surface area (Å²) < 4.78 is 16.6. The fourth-order valence-electron chi connectivity index (χ4n) is 0. The van der Waals surface area contributed by atoms with Gasteiger partial charge in [-0.25, -0.2) is 4.21 Å². The smallest absolute Gasteiger partial charge is 0.306 e. The van der Waals surface area contributed by atoms with Gasteiger partial charge in [-0.15, -0.1) is 0 Å². The number of hydrogen-bond acceptors (Lipinski definition) is 1. The Morgan fingerprint density at radius 2 is 1.80 bits per heavy atom. The molecule has 0 aliphatic heterocycles. The van der Waals surface area contributed by atoms with Crippen molar-refractivity contribution >= 4 is 34.1 Å². The van der Waals surface area contributed by atoms with Crippen LogP contribution in [-0.4, -0.2) is 38.1 Å². The van der Waals surface area contributed by atoms with E-state index in [1.54, 1.807) is 0 Å². The number of hydrogen-bond donors (Lipinski definition) is 1. The largest absolute Gasteiger partial charge is 2.00 e. The first-order chi connectivity index (χ1) is 1.73. The molecule has 5 heavy (non-hydrogen) atoms. The number of rotatable bonds is 0. The normalized spacial score (nSPS) is 12.4. The molecule has 0 aromatic heterocycles. The van der Waals surface area contributed by atoms with Crippen molar-refractivity contribution in [1.82, 2.24) is 0 Å². The molecule has 0 heterocycles. The Morgan fingerprint density at radius 1 is 1.80 bits per heavy atom. The van der Waals surface area contributed by atoms with E-state index in [0.717, 1.165) is 0 Å². The molecular weight excluding hydrogens is 100 g/mol. The van der Waals surface area contributed by atoms with Crippen LogP contribution in [0, 0.1) is 0 Å². The average molecular weight is 104 g/mol. The van der Waals surface area contributed by atoms with Crippen LogP contribution in [0.1, 0.15) is 0 Å². The molecule has 1 unspecified atom stereocenters. The first-order valence-electron chi connectivity index (χ1n) is 0.757. The van der Waals surface area contributed by atoms with Crippen LogP contribution in [0.25, 0.3) is 0 Å². The van der Waals surface area contributed by atoms with E-state index in [9.17, 15) is 0 Å². The van der Waals surface area contributed by atoms with Crippen molar-refractivity contribution in [3.63, 3.8) is 0 Å². The average Bonchev–Trinajstić information content (AvgIpc) is 0.811. The zero-order chi connectivity index (χ0) is 3.58. The topological polar surface area (TPSA) is 37.3 Å². The Morgan fingerprint density at radius 3 is 1.80 bits per heavy atom. The van der Waals surface area contributed by atoms with E-state index in [4.69, 9.17) is 8.76 Å². The summed E-state index contributed by atoms with van der Waals surface area (Å²) in [6.45, 7) is 0. The molecule has 0 saturated carbocycles. The van der Waals surface area contributed by atoms with Gasteiger partial charge in [0.2, 0.25) is 0 Å². The van der Waals surface area contributed by atoms with E-state index in [2.05, 4.69) is 0 Å². The molecule has 0 aliphatic carbocycles. The second-order valence-electron chi connectivity index (χ2n) is 0.424. The molecule has 0 fully saturated rings.